The molecule has 3 heterocycles. The van der Waals surface area contributed by atoms with Gasteiger partial charge >= 0.3 is 0 Å². The summed E-state index contributed by atoms with van der Waals surface area (Å²) in [4.78, 5) is 22.2. The van der Waals surface area contributed by atoms with E-state index < -0.39 is 20.7 Å². The third kappa shape index (κ3) is 3.11. The molecule has 4 rings (SSSR count). The zero-order valence-electron chi connectivity index (χ0n) is 14.6. The normalized spacial score (nSPS) is 14.0. The molecule has 144 valence electrons. The van der Waals surface area contributed by atoms with Crippen LogP contribution in [0.5, 0.6) is 0 Å². The molecular weight excluding hydrogens is 407 g/mol. The van der Waals surface area contributed by atoms with Crippen molar-refractivity contribution in [2.75, 3.05) is 4.90 Å². The number of sulfonamides is 1. The summed E-state index contributed by atoms with van der Waals surface area (Å²) in [5, 5.41) is 5.58. The molecule has 0 atom stereocenters. The molecule has 0 saturated carbocycles. The average Bonchev–Trinajstić information content (AvgIpc) is 2.92. The molecule has 3 aromatic rings. The second-order valence-electron chi connectivity index (χ2n) is 6.52. The topological polar surface area (TPSA) is 106 Å². The Hall–Kier alpha value is -2.62. The first-order chi connectivity index (χ1) is 13.1. The van der Waals surface area contributed by atoms with Gasteiger partial charge in [-0.25, -0.2) is 27.9 Å². The van der Waals surface area contributed by atoms with E-state index in [2.05, 4.69) is 9.97 Å². The van der Waals surface area contributed by atoms with Crippen LogP contribution in [0, 0.1) is 12.7 Å². The summed E-state index contributed by atoms with van der Waals surface area (Å²) in [7, 11) is -4.11. The molecule has 10 heteroatoms. The van der Waals surface area contributed by atoms with Crippen LogP contribution in [-0.4, -0.2) is 24.3 Å². The van der Waals surface area contributed by atoms with Gasteiger partial charge in [0.05, 0.1) is 23.5 Å². The lowest BCUT2D eigenvalue weighted by Crippen LogP contribution is -2.27. The number of primary sulfonamides is 1. The van der Waals surface area contributed by atoms with Gasteiger partial charge in [-0.2, -0.15) is 0 Å². The van der Waals surface area contributed by atoms with E-state index in [1.54, 1.807) is 12.3 Å². The Morgan fingerprint density at radius 1 is 1.32 bits per heavy atom. The molecule has 1 aliphatic heterocycles. The molecule has 0 bridgehead atoms. The second-order valence-corrected chi connectivity index (χ2v) is 8.49. The van der Waals surface area contributed by atoms with Gasteiger partial charge in [0.1, 0.15) is 5.82 Å². The zero-order chi connectivity index (χ0) is 20.2. The fourth-order valence-corrected chi connectivity index (χ4v) is 4.13. The molecule has 2 N–H and O–H groups in total. The Morgan fingerprint density at radius 3 is 2.75 bits per heavy atom. The van der Waals surface area contributed by atoms with Crippen LogP contribution in [0.4, 0.5) is 10.1 Å². The Balaban J connectivity index is 1.82. The van der Waals surface area contributed by atoms with Crippen LogP contribution < -0.4 is 10.0 Å². The minimum atomic E-state index is -4.11. The molecule has 0 unspecified atom stereocenters. The number of carbonyl (C=O) groups excluding carboxylic acids is 1. The monoisotopic (exact) mass is 420 g/mol. The molecule has 0 radical (unpaired) electrons. The van der Waals surface area contributed by atoms with Crippen LogP contribution in [0.2, 0.25) is 5.02 Å². The number of rotatable bonds is 3. The molecule has 1 aromatic carbocycles. The molecule has 28 heavy (non-hydrogen) atoms. The largest absolute Gasteiger partial charge is 0.306 e. The number of pyridine rings is 2. The second kappa shape index (κ2) is 6.47. The van der Waals surface area contributed by atoms with E-state index in [0.717, 1.165) is 17.8 Å². The van der Waals surface area contributed by atoms with Crippen LogP contribution >= 0.6 is 11.6 Å². The van der Waals surface area contributed by atoms with Crippen LogP contribution in [0.15, 0.2) is 35.4 Å². The van der Waals surface area contributed by atoms with Crippen molar-refractivity contribution in [2.24, 2.45) is 5.14 Å². The molecule has 0 fully saturated rings. The average molecular weight is 421 g/mol. The predicted octanol–water partition coefficient (Wildman–Crippen LogP) is 2.47. The Kier molecular flexibility index (Phi) is 4.33. The van der Waals surface area contributed by atoms with Gasteiger partial charge in [0.2, 0.25) is 15.9 Å². The summed E-state index contributed by atoms with van der Waals surface area (Å²) >= 11 is 6.11. The minimum absolute atomic E-state index is 0.000278. The fraction of sp³-hybridized carbons (Fsp3) is 0.167. The molecule has 0 spiro atoms. The van der Waals surface area contributed by atoms with Crippen molar-refractivity contribution < 1.29 is 17.6 Å². The number of nitrogens with zero attached hydrogens (tertiary/aromatic N) is 3. The highest BCUT2D eigenvalue weighted by Crippen LogP contribution is 2.37. The van der Waals surface area contributed by atoms with Gasteiger partial charge in [-0.15, -0.1) is 0 Å². The van der Waals surface area contributed by atoms with Crippen LogP contribution in [0.25, 0.3) is 11.0 Å². The van der Waals surface area contributed by atoms with Crippen molar-refractivity contribution in [3.8, 4) is 0 Å². The highest BCUT2D eigenvalue weighted by Gasteiger charge is 2.31. The molecule has 0 saturated heterocycles. The lowest BCUT2D eigenvalue weighted by atomic mass is 10.1. The number of nitrogens with two attached hydrogens (primary N) is 1. The van der Waals surface area contributed by atoms with E-state index in [-0.39, 0.29) is 29.5 Å². The van der Waals surface area contributed by atoms with Crippen molar-refractivity contribution in [1.82, 2.24) is 9.97 Å². The van der Waals surface area contributed by atoms with Crippen molar-refractivity contribution in [2.45, 2.75) is 24.8 Å². The van der Waals surface area contributed by atoms with Gasteiger partial charge in [0.25, 0.3) is 0 Å². The maximum Gasteiger partial charge on any atom is 0.238 e. The summed E-state index contributed by atoms with van der Waals surface area (Å²) in [6.45, 7) is 1.67. The third-order valence-electron chi connectivity index (χ3n) is 4.59. The Morgan fingerprint density at radius 2 is 2.07 bits per heavy atom. The van der Waals surface area contributed by atoms with Crippen LogP contribution in [0.1, 0.15) is 16.8 Å². The molecule has 2 aromatic heterocycles. The number of aryl methyl sites for hydroxylation is 1. The molecule has 1 amide bonds. The number of carbonyl (C=O) groups is 1. The van der Waals surface area contributed by atoms with Crippen molar-refractivity contribution in [3.05, 3.63) is 58.1 Å². The number of amides is 1. The standard InChI is InChI=1S/C18H14ClFN4O3S/c1-9-2-3-12-17-10(7-22-18(12)23-9)4-16(25)24(17)8-13-14(19)5-11(6-15(13)20)28(21,26)27/h2-3,5-7H,4,8H2,1H3,(H2,21,26,27). The smallest absolute Gasteiger partial charge is 0.238 e. The lowest BCUT2D eigenvalue weighted by Gasteiger charge is -2.20. The number of halogens is 2. The van der Waals surface area contributed by atoms with Crippen molar-refractivity contribution >= 4 is 44.3 Å². The van der Waals surface area contributed by atoms with Gasteiger partial charge in [0, 0.05) is 33.4 Å². The number of hydrogen-bond acceptors (Lipinski definition) is 5. The maximum absolute atomic E-state index is 14.6. The van der Waals surface area contributed by atoms with Gasteiger partial charge in [-0.1, -0.05) is 11.6 Å². The minimum Gasteiger partial charge on any atom is -0.306 e. The lowest BCUT2D eigenvalue weighted by molar-refractivity contribution is -0.117. The number of benzene rings is 1. The summed E-state index contributed by atoms with van der Waals surface area (Å²) < 4.78 is 37.5. The summed E-state index contributed by atoms with van der Waals surface area (Å²) in [6.07, 6.45) is 1.71. The maximum atomic E-state index is 14.6. The summed E-state index contributed by atoms with van der Waals surface area (Å²) in [5.41, 5.74) is 2.58. The molecular formula is C18H14ClFN4O3S. The first-order valence-electron chi connectivity index (χ1n) is 8.21. The van der Waals surface area contributed by atoms with Crippen molar-refractivity contribution in [3.63, 3.8) is 0 Å². The molecule has 7 nitrogen and oxygen atoms in total. The first kappa shape index (κ1) is 18.7. The van der Waals surface area contributed by atoms with Crippen molar-refractivity contribution in [1.29, 1.82) is 0 Å². The van der Waals surface area contributed by atoms with E-state index in [0.29, 0.717) is 22.3 Å². The SMILES string of the molecule is Cc1ccc2c3c(cnc2n1)CC(=O)N3Cc1c(F)cc(S(N)(=O)=O)cc1Cl. The van der Waals surface area contributed by atoms with Crippen LogP contribution in [-0.2, 0) is 27.8 Å². The van der Waals surface area contributed by atoms with E-state index >= 15 is 0 Å². The van der Waals surface area contributed by atoms with E-state index in [1.165, 1.54) is 4.90 Å². The summed E-state index contributed by atoms with van der Waals surface area (Å²) in [5.74, 6) is -1.10. The number of hydrogen-bond donors (Lipinski definition) is 1. The number of fused-ring (bicyclic) bond motifs is 3. The highest BCUT2D eigenvalue weighted by atomic mass is 35.5. The first-order valence-corrected chi connectivity index (χ1v) is 10.1. The summed E-state index contributed by atoms with van der Waals surface area (Å²) in [6, 6.07) is 5.50. The van der Waals surface area contributed by atoms with E-state index in [9.17, 15) is 17.6 Å². The van der Waals surface area contributed by atoms with Crippen LogP contribution in [0.3, 0.4) is 0 Å². The Labute approximate surface area is 165 Å². The molecule has 1 aliphatic rings. The quantitative estimate of drug-likeness (QED) is 0.700. The zero-order valence-corrected chi connectivity index (χ0v) is 16.2. The third-order valence-corrected chi connectivity index (χ3v) is 5.82. The number of aromatic nitrogens is 2. The van der Waals surface area contributed by atoms with Gasteiger partial charge in [-0.3, -0.25) is 4.79 Å². The van der Waals surface area contributed by atoms with Gasteiger partial charge in [0.15, 0.2) is 5.65 Å². The molecule has 0 aliphatic carbocycles. The van der Waals surface area contributed by atoms with E-state index in [4.69, 9.17) is 16.7 Å². The van der Waals surface area contributed by atoms with E-state index in [1.807, 2.05) is 13.0 Å². The number of anilines is 1. The Bertz CT molecular complexity index is 1240. The highest BCUT2D eigenvalue weighted by molar-refractivity contribution is 7.89. The fourth-order valence-electron chi connectivity index (χ4n) is 3.25. The predicted molar refractivity (Wildman–Crippen MR) is 102 cm³/mol. The van der Waals surface area contributed by atoms with Gasteiger partial charge < -0.3 is 4.90 Å². The van der Waals surface area contributed by atoms with Gasteiger partial charge in [-0.05, 0) is 31.2 Å².